The van der Waals surface area contributed by atoms with Crippen LogP contribution in [0.2, 0.25) is 0 Å². The van der Waals surface area contributed by atoms with E-state index < -0.39 is 15.4 Å². The SMILES string of the molecule is COc1ccc(S(=O)(=O)c2ccc3c(c2)[C@@H]2O[C@@H]2C(C)(C)O3)cc1. The summed E-state index contributed by atoms with van der Waals surface area (Å²) < 4.78 is 42.4. The first-order chi connectivity index (χ1) is 11.3. The van der Waals surface area contributed by atoms with Crippen LogP contribution in [0, 0.1) is 0 Å². The third-order valence-electron chi connectivity index (χ3n) is 4.52. The lowest BCUT2D eigenvalue weighted by Crippen LogP contribution is -2.37. The van der Waals surface area contributed by atoms with E-state index in [0.717, 1.165) is 5.56 Å². The molecule has 2 aliphatic heterocycles. The summed E-state index contributed by atoms with van der Waals surface area (Å²) in [4.78, 5) is 0.470. The van der Waals surface area contributed by atoms with Crippen LogP contribution >= 0.6 is 0 Å². The number of fused-ring (bicyclic) bond motifs is 3. The molecule has 2 aromatic rings. The van der Waals surface area contributed by atoms with Gasteiger partial charge in [0.25, 0.3) is 0 Å². The Kier molecular flexibility index (Phi) is 3.21. The number of rotatable bonds is 3. The van der Waals surface area contributed by atoms with Crippen molar-refractivity contribution in [2.75, 3.05) is 7.11 Å². The molecule has 5 nitrogen and oxygen atoms in total. The molecule has 2 aromatic carbocycles. The van der Waals surface area contributed by atoms with Gasteiger partial charge in [-0.3, -0.25) is 0 Å². The molecule has 0 saturated carbocycles. The fourth-order valence-electron chi connectivity index (χ4n) is 3.12. The minimum atomic E-state index is -3.60. The van der Waals surface area contributed by atoms with E-state index in [0.29, 0.717) is 11.5 Å². The van der Waals surface area contributed by atoms with Gasteiger partial charge < -0.3 is 14.2 Å². The van der Waals surface area contributed by atoms with E-state index in [1.807, 2.05) is 13.8 Å². The Morgan fingerprint density at radius 3 is 2.38 bits per heavy atom. The number of methoxy groups -OCH3 is 1. The third-order valence-corrected chi connectivity index (χ3v) is 6.28. The molecule has 0 aromatic heterocycles. The van der Waals surface area contributed by atoms with Crippen molar-refractivity contribution < 1.29 is 22.6 Å². The Hall–Kier alpha value is -2.05. The van der Waals surface area contributed by atoms with Gasteiger partial charge >= 0.3 is 0 Å². The van der Waals surface area contributed by atoms with Crippen LogP contribution in [0.15, 0.2) is 52.3 Å². The number of benzene rings is 2. The molecule has 2 atom stereocenters. The molecular formula is C18H18O5S. The van der Waals surface area contributed by atoms with Crippen molar-refractivity contribution in [3.05, 3.63) is 48.0 Å². The predicted molar refractivity (Wildman–Crippen MR) is 87.2 cm³/mol. The molecule has 126 valence electrons. The van der Waals surface area contributed by atoms with Crippen LogP contribution in [0.5, 0.6) is 11.5 Å². The highest BCUT2D eigenvalue weighted by molar-refractivity contribution is 7.91. The van der Waals surface area contributed by atoms with Crippen molar-refractivity contribution in [2.45, 2.75) is 41.4 Å². The van der Waals surface area contributed by atoms with Gasteiger partial charge in [0, 0.05) is 5.56 Å². The fraction of sp³-hybridized carbons (Fsp3) is 0.333. The molecule has 24 heavy (non-hydrogen) atoms. The molecule has 0 N–H and O–H groups in total. The summed E-state index contributed by atoms with van der Waals surface area (Å²) in [5.41, 5.74) is 0.405. The van der Waals surface area contributed by atoms with Crippen LogP contribution in [0.4, 0.5) is 0 Å². The van der Waals surface area contributed by atoms with Gasteiger partial charge in [0.2, 0.25) is 9.84 Å². The molecule has 0 amide bonds. The number of ether oxygens (including phenoxy) is 3. The second kappa shape index (κ2) is 4.97. The Bertz CT molecular complexity index is 900. The maximum absolute atomic E-state index is 12.8. The molecule has 4 rings (SSSR count). The normalized spacial score (nSPS) is 23.6. The first kappa shape index (κ1) is 15.5. The first-order valence-corrected chi connectivity index (χ1v) is 9.19. The zero-order chi connectivity index (χ0) is 17.1. The van der Waals surface area contributed by atoms with E-state index in [4.69, 9.17) is 14.2 Å². The zero-order valence-electron chi connectivity index (χ0n) is 13.6. The van der Waals surface area contributed by atoms with E-state index in [1.165, 1.54) is 0 Å². The van der Waals surface area contributed by atoms with Gasteiger partial charge in [0.1, 0.15) is 29.3 Å². The molecule has 0 spiro atoms. The monoisotopic (exact) mass is 346 g/mol. The van der Waals surface area contributed by atoms with Crippen LogP contribution in [0.1, 0.15) is 25.5 Å². The van der Waals surface area contributed by atoms with Gasteiger partial charge in [0.05, 0.1) is 16.9 Å². The summed E-state index contributed by atoms with van der Waals surface area (Å²) in [6.07, 6.45) is -0.112. The van der Waals surface area contributed by atoms with Gasteiger partial charge in [-0.05, 0) is 56.3 Å². The van der Waals surface area contributed by atoms with Crippen molar-refractivity contribution in [1.29, 1.82) is 0 Å². The number of hydrogen-bond donors (Lipinski definition) is 0. The highest BCUT2D eigenvalue weighted by atomic mass is 32.2. The molecule has 6 heteroatoms. The van der Waals surface area contributed by atoms with Crippen LogP contribution in [-0.4, -0.2) is 27.2 Å². The van der Waals surface area contributed by atoms with Crippen LogP contribution in [0.3, 0.4) is 0 Å². The highest BCUT2D eigenvalue weighted by Crippen LogP contribution is 2.54. The van der Waals surface area contributed by atoms with Crippen LogP contribution in [0.25, 0.3) is 0 Å². The van der Waals surface area contributed by atoms with Crippen molar-refractivity contribution in [3.8, 4) is 11.5 Å². The van der Waals surface area contributed by atoms with Gasteiger partial charge in [0.15, 0.2) is 0 Å². The topological polar surface area (TPSA) is 65.1 Å². The lowest BCUT2D eigenvalue weighted by Gasteiger charge is -2.29. The van der Waals surface area contributed by atoms with E-state index in [9.17, 15) is 8.42 Å². The Morgan fingerprint density at radius 2 is 1.71 bits per heavy atom. The summed E-state index contributed by atoms with van der Waals surface area (Å²) in [6.45, 7) is 3.95. The highest BCUT2D eigenvalue weighted by Gasteiger charge is 2.56. The lowest BCUT2D eigenvalue weighted by atomic mass is 9.94. The molecule has 0 aliphatic carbocycles. The average molecular weight is 346 g/mol. The predicted octanol–water partition coefficient (Wildman–Crippen LogP) is 3.14. The number of sulfone groups is 1. The van der Waals surface area contributed by atoms with E-state index in [-0.39, 0.29) is 22.0 Å². The maximum atomic E-state index is 12.8. The van der Waals surface area contributed by atoms with Crippen molar-refractivity contribution in [1.82, 2.24) is 0 Å². The van der Waals surface area contributed by atoms with Crippen LogP contribution in [-0.2, 0) is 14.6 Å². The van der Waals surface area contributed by atoms with Crippen molar-refractivity contribution in [3.63, 3.8) is 0 Å². The van der Waals surface area contributed by atoms with Crippen molar-refractivity contribution >= 4 is 9.84 Å². The third kappa shape index (κ3) is 2.29. The minimum Gasteiger partial charge on any atom is -0.497 e. The molecule has 2 aliphatic rings. The van der Waals surface area contributed by atoms with E-state index >= 15 is 0 Å². The van der Waals surface area contributed by atoms with Gasteiger partial charge in [-0.1, -0.05) is 0 Å². The largest absolute Gasteiger partial charge is 0.497 e. The molecule has 0 bridgehead atoms. The molecular weight excluding hydrogens is 328 g/mol. The van der Waals surface area contributed by atoms with Crippen LogP contribution < -0.4 is 9.47 Å². The molecule has 1 fully saturated rings. The summed E-state index contributed by atoms with van der Waals surface area (Å²) in [6, 6.07) is 11.3. The molecule has 1 saturated heterocycles. The molecule has 0 radical (unpaired) electrons. The maximum Gasteiger partial charge on any atom is 0.206 e. The first-order valence-electron chi connectivity index (χ1n) is 7.70. The average Bonchev–Trinajstić information content (AvgIpc) is 3.36. The molecule has 2 heterocycles. The molecule has 0 unspecified atom stereocenters. The number of epoxide rings is 1. The summed E-state index contributed by atoms with van der Waals surface area (Å²) >= 11 is 0. The standard InChI is InChI=1S/C18H18O5S/c1-18(2)17-16(22-17)14-10-13(8-9-15(14)23-18)24(19,20)12-6-4-11(21-3)5-7-12/h4-10,16-17H,1-3H3/t16-,17-/m0/s1. The second-order valence-electron chi connectivity index (χ2n) is 6.56. The van der Waals surface area contributed by atoms with Gasteiger partial charge in [-0.2, -0.15) is 0 Å². The van der Waals surface area contributed by atoms with Gasteiger partial charge in [-0.15, -0.1) is 0 Å². The fourth-order valence-corrected chi connectivity index (χ4v) is 4.41. The smallest absolute Gasteiger partial charge is 0.206 e. The van der Waals surface area contributed by atoms with E-state index in [2.05, 4.69) is 0 Å². The zero-order valence-corrected chi connectivity index (χ0v) is 14.5. The van der Waals surface area contributed by atoms with Crippen molar-refractivity contribution in [2.24, 2.45) is 0 Å². The minimum absolute atomic E-state index is 0.0241. The Morgan fingerprint density at radius 1 is 1.04 bits per heavy atom. The lowest BCUT2D eigenvalue weighted by molar-refractivity contribution is 0.0724. The summed E-state index contributed by atoms with van der Waals surface area (Å²) in [5.74, 6) is 1.30. The van der Waals surface area contributed by atoms with Gasteiger partial charge in [-0.25, -0.2) is 8.42 Å². The Balaban J connectivity index is 1.73. The van der Waals surface area contributed by atoms with E-state index in [1.54, 1.807) is 49.6 Å². The summed E-state index contributed by atoms with van der Waals surface area (Å²) in [7, 11) is -2.06. The summed E-state index contributed by atoms with van der Waals surface area (Å²) in [5, 5.41) is 0. The quantitative estimate of drug-likeness (QED) is 0.799. The number of hydrogen-bond acceptors (Lipinski definition) is 5. The second-order valence-corrected chi connectivity index (χ2v) is 8.51. The Labute approximate surface area is 141 Å².